The van der Waals surface area contributed by atoms with Gasteiger partial charge < -0.3 is 10.4 Å². The molecule has 0 aliphatic rings. The Hall–Kier alpha value is -0.570. The average Bonchev–Trinajstić information content (AvgIpc) is 2.13. The van der Waals surface area contributed by atoms with Crippen molar-refractivity contribution in [3.8, 4) is 0 Å². The molecule has 0 bridgehead atoms. The molecule has 2 unspecified atom stereocenters. The SMILES string of the molecule is CCC(CC(=O)NCCC(C)O)C(C)C. The molecule has 0 aliphatic carbocycles. The van der Waals surface area contributed by atoms with Crippen LogP contribution in [-0.4, -0.2) is 23.7 Å². The van der Waals surface area contributed by atoms with E-state index in [1.54, 1.807) is 6.92 Å². The number of aliphatic hydroxyl groups excluding tert-OH is 1. The van der Waals surface area contributed by atoms with Gasteiger partial charge in [-0.05, 0) is 25.2 Å². The smallest absolute Gasteiger partial charge is 0.220 e. The van der Waals surface area contributed by atoms with Crippen molar-refractivity contribution >= 4 is 5.91 Å². The van der Waals surface area contributed by atoms with Crippen LogP contribution in [0.25, 0.3) is 0 Å². The quantitative estimate of drug-likeness (QED) is 0.682. The van der Waals surface area contributed by atoms with Crippen LogP contribution >= 0.6 is 0 Å². The second kappa shape index (κ2) is 7.69. The predicted molar refractivity (Wildman–Crippen MR) is 62.5 cm³/mol. The molecule has 3 heteroatoms. The summed E-state index contributed by atoms with van der Waals surface area (Å²) in [5.41, 5.74) is 0. The number of hydrogen-bond donors (Lipinski definition) is 2. The summed E-state index contributed by atoms with van der Waals surface area (Å²) in [6.45, 7) is 8.72. The monoisotopic (exact) mass is 215 g/mol. The molecule has 0 saturated heterocycles. The molecule has 2 N–H and O–H groups in total. The maximum absolute atomic E-state index is 11.5. The van der Waals surface area contributed by atoms with E-state index in [0.29, 0.717) is 31.2 Å². The zero-order chi connectivity index (χ0) is 11.8. The van der Waals surface area contributed by atoms with Crippen molar-refractivity contribution in [3.63, 3.8) is 0 Å². The molecule has 0 aromatic rings. The maximum atomic E-state index is 11.5. The lowest BCUT2D eigenvalue weighted by Crippen LogP contribution is -2.29. The van der Waals surface area contributed by atoms with E-state index in [2.05, 4.69) is 26.1 Å². The lowest BCUT2D eigenvalue weighted by molar-refractivity contribution is -0.122. The highest BCUT2D eigenvalue weighted by atomic mass is 16.3. The third kappa shape index (κ3) is 7.37. The topological polar surface area (TPSA) is 49.3 Å². The number of aliphatic hydroxyl groups is 1. The number of carbonyl (C=O) groups excluding carboxylic acids is 1. The molecule has 0 heterocycles. The number of nitrogens with one attached hydrogen (secondary N) is 1. The van der Waals surface area contributed by atoms with Crippen LogP contribution in [0.3, 0.4) is 0 Å². The standard InChI is InChI=1S/C12H25NO2/c1-5-11(9(2)3)8-12(15)13-7-6-10(4)14/h9-11,14H,5-8H2,1-4H3,(H,13,15). The first-order valence-corrected chi connectivity index (χ1v) is 5.92. The third-order valence-electron chi connectivity index (χ3n) is 2.80. The fraction of sp³-hybridized carbons (Fsp3) is 0.917. The lowest BCUT2D eigenvalue weighted by atomic mass is 9.90. The largest absolute Gasteiger partial charge is 0.393 e. The van der Waals surface area contributed by atoms with Gasteiger partial charge >= 0.3 is 0 Å². The van der Waals surface area contributed by atoms with E-state index in [4.69, 9.17) is 5.11 Å². The van der Waals surface area contributed by atoms with Crippen LogP contribution in [0.5, 0.6) is 0 Å². The maximum Gasteiger partial charge on any atom is 0.220 e. The molecule has 0 radical (unpaired) electrons. The Morgan fingerprint density at radius 2 is 1.93 bits per heavy atom. The summed E-state index contributed by atoms with van der Waals surface area (Å²) in [7, 11) is 0. The summed E-state index contributed by atoms with van der Waals surface area (Å²) in [5.74, 6) is 1.13. The zero-order valence-electron chi connectivity index (χ0n) is 10.4. The molecule has 0 aromatic carbocycles. The van der Waals surface area contributed by atoms with E-state index in [-0.39, 0.29) is 12.0 Å². The molecule has 0 spiro atoms. The van der Waals surface area contributed by atoms with Crippen molar-refractivity contribution in [2.75, 3.05) is 6.54 Å². The molecule has 15 heavy (non-hydrogen) atoms. The van der Waals surface area contributed by atoms with Crippen LogP contribution in [0.15, 0.2) is 0 Å². The molecular formula is C12H25NO2. The highest BCUT2D eigenvalue weighted by Gasteiger charge is 2.15. The summed E-state index contributed by atoms with van der Waals surface area (Å²) < 4.78 is 0. The minimum Gasteiger partial charge on any atom is -0.393 e. The Morgan fingerprint density at radius 3 is 2.33 bits per heavy atom. The van der Waals surface area contributed by atoms with Crippen molar-refractivity contribution in [1.29, 1.82) is 0 Å². The molecular weight excluding hydrogens is 190 g/mol. The van der Waals surface area contributed by atoms with Crippen molar-refractivity contribution in [2.24, 2.45) is 11.8 Å². The average molecular weight is 215 g/mol. The predicted octanol–water partition coefficient (Wildman–Crippen LogP) is 1.95. The molecule has 0 aliphatic heterocycles. The van der Waals surface area contributed by atoms with Gasteiger partial charge in [0.1, 0.15) is 0 Å². The van der Waals surface area contributed by atoms with Crippen LogP contribution in [0.4, 0.5) is 0 Å². The molecule has 3 nitrogen and oxygen atoms in total. The highest BCUT2D eigenvalue weighted by molar-refractivity contribution is 5.76. The van der Waals surface area contributed by atoms with Crippen molar-refractivity contribution < 1.29 is 9.90 Å². The Kier molecular flexibility index (Phi) is 7.39. The lowest BCUT2D eigenvalue weighted by Gasteiger charge is -2.18. The van der Waals surface area contributed by atoms with Gasteiger partial charge in [-0.3, -0.25) is 4.79 Å². The molecule has 90 valence electrons. The Morgan fingerprint density at radius 1 is 1.33 bits per heavy atom. The van der Waals surface area contributed by atoms with E-state index in [0.717, 1.165) is 6.42 Å². The van der Waals surface area contributed by atoms with Gasteiger partial charge in [-0.25, -0.2) is 0 Å². The fourth-order valence-electron chi connectivity index (χ4n) is 1.58. The van der Waals surface area contributed by atoms with Crippen molar-refractivity contribution in [2.45, 2.75) is 53.1 Å². The van der Waals surface area contributed by atoms with Crippen molar-refractivity contribution in [1.82, 2.24) is 5.32 Å². The van der Waals surface area contributed by atoms with E-state index in [9.17, 15) is 4.79 Å². The van der Waals surface area contributed by atoms with Crippen molar-refractivity contribution in [3.05, 3.63) is 0 Å². The molecule has 2 atom stereocenters. The minimum absolute atomic E-state index is 0.108. The Bertz CT molecular complexity index is 178. The first-order chi connectivity index (χ1) is 6.97. The fourth-order valence-corrected chi connectivity index (χ4v) is 1.58. The summed E-state index contributed by atoms with van der Waals surface area (Å²) in [5, 5.41) is 11.9. The van der Waals surface area contributed by atoms with Gasteiger partial charge in [0, 0.05) is 13.0 Å². The molecule has 1 amide bonds. The van der Waals surface area contributed by atoms with Gasteiger partial charge in [-0.15, -0.1) is 0 Å². The van der Waals surface area contributed by atoms with Crippen LogP contribution in [-0.2, 0) is 4.79 Å². The highest BCUT2D eigenvalue weighted by Crippen LogP contribution is 2.18. The minimum atomic E-state index is -0.336. The van der Waals surface area contributed by atoms with Crippen LogP contribution in [0, 0.1) is 11.8 Å². The number of amides is 1. The molecule has 0 saturated carbocycles. The summed E-state index contributed by atoms with van der Waals surface area (Å²) >= 11 is 0. The van der Waals surface area contributed by atoms with Gasteiger partial charge in [0.15, 0.2) is 0 Å². The van der Waals surface area contributed by atoms with Gasteiger partial charge in [0.25, 0.3) is 0 Å². The van der Waals surface area contributed by atoms with Crippen LogP contribution in [0.1, 0.15) is 47.0 Å². The van der Waals surface area contributed by atoms with Gasteiger partial charge in [0.05, 0.1) is 6.10 Å². The number of carbonyl (C=O) groups is 1. The van der Waals surface area contributed by atoms with Gasteiger partial charge in [-0.1, -0.05) is 27.2 Å². The Balaban J connectivity index is 3.72. The van der Waals surface area contributed by atoms with Gasteiger partial charge in [0.2, 0.25) is 5.91 Å². The van der Waals surface area contributed by atoms with Crippen LogP contribution < -0.4 is 5.32 Å². The molecule has 0 rings (SSSR count). The van der Waals surface area contributed by atoms with E-state index < -0.39 is 0 Å². The van der Waals surface area contributed by atoms with E-state index in [1.165, 1.54) is 0 Å². The van der Waals surface area contributed by atoms with Gasteiger partial charge in [-0.2, -0.15) is 0 Å². The Labute approximate surface area is 93.3 Å². The first kappa shape index (κ1) is 14.4. The second-order valence-corrected chi connectivity index (χ2v) is 4.60. The normalized spacial score (nSPS) is 15.1. The second-order valence-electron chi connectivity index (χ2n) is 4.60. The number of rotatable bonds is 7. The summed E-state index contributed by atoms with van der Waals surface area (Å²) in [4.78, 5) is 11.5. The first-order valence-electron chi connectivity index (χ1n) is 5.92. The van der Waals surface area contributed by atoms with E-state index >= 15 is 0 Å². The zero-order valence-corrected chi connectivity index (χ0v) is 10.4. The summed E-state index contributed by atoms with van der Waals surface area (Å²) in [6, 6.07) is 0. The molecule has 0 aromatic heterocycles. The summed E-state index contributed by atoms with van der Waals surface area (Å²) in [6.07, 6.45) is 1.94. The van der Waals surface area contributed by atoms with Crippen LogP contribution in [0.2, 0.25) is 0 Å². The van der Waals surface area contributed by atoms with E-state index in [1.807, 2.05) is 0 Å². The third-order valence-corrected chi connectivity index (χ3v) is 2.80. The number of hydrogen-bond acceptors (Lipinski definition) is 2. The molecule has 0 fully saturated rings.